The van der Waals surface area contributed by atoms with Gasteiger partial charge in [0.2, 0.25) is 0 Å². The SMILES string of the molecule is Cc1ccc(-n2c(SCc3ccccc3)nnc2-c2ccccc2F)cc1. The molecule has 0 atom stereocenters. The third-order valence-corrected chi connectivity index (χ3v) is 5.25. The van der Waals surface area contributed by atoms with Crippen LogP contribution in [0.1, 0.15) is 11.1 Å². The smallest absolute Gasteiger partial charge is 0.196 e. The lowest BCUT2D eigenvalue weighted by atomic mass is 10.2. The van der Waals surface area contributed by atoms with Crippen LogP contribution in [0.5, 0.6) is 0 Å². The summed E-state index contributed by atoms with van der Waals surface area (Å²) < 4.78 is 16.3. The molecule has 0 aliphatic rings. The first kappa shape index (κ1) is 17.5. The minimum Gasteiger partial charge on any atom is -0.270 e. The lowest BCUT2D eigenvalue weighted by Crippen LogP contribution is -2.01. The largest absolute Gasteiger partial charge is 0.270 e. The summed E-state index contributed by atoms with van der Waals surface area (Å²) in [5.74, 6) is 0.965. The second-order valence-electron chi connectivity index (χ2n) is 6.23. The van der Waals surface area contributed by atoms with Crippen molar-refractivity contribution in [3.8, 4) is 17.1 Å². The molecule has 0 N–H and O–H groups in total. The second-order valence-corrected chi connectivity index (χ2v) is 7.17. The molecule has 0 saturated heterocycles. The van der Waals surface area contributed by atoms with Crippen molar-refractivity contribution in [2.24, 2.45) is 0 Å². The number of aromatic nitrogens is 3. The molecule has 0 fully saturated rings. The first-order valence-electron chi connectivity index (χ1n) is 8.66. The van der Waals surface area contributed by atoms with Gasteiger partial charge >= 0.3 is 0 Å². The fourth-order valence-corrected chi connectivity index (χ4v) is 3.74. The Kier molecular flexibility index (Phi) is 5.03. The molecule has 0 bridgehead atoms. The van der Waals surface area contributed by atoms with Gasteiger partial charge in [-0.2, -0.15) is 0 Å². The highest BCUT2D eigenvalue weighted by Crippen LogP contribution is 2.30. The Balaban J connectivity index is 1.77. The highest BCUT2D eigenvalue weighted by molar-refractivity contribution is 7.98. The summed E-state index contributed by atoms with van der Waals surface area (Å²) in [5, 5.41) is 9.40. The number of hydrogen-bond donors (Lipinski definition) is 0. The Labute approximate surface area is 161 Å². The number of rotatable bonds is 5. The molecule has 0 aliphatic heterocycles. The third kappa shape index (κ3) is 3.78. The summed E-state index contributed by atoms with van der Waals surface area (Å²) in [4.78, 5) is 0. The van der Waals surface area contributed by atoms with Gasteiger partial charge in [-0.3, -0.25) is 4.57 Å². The van der Waals surface area contributed by atoms with E-state index in [9.17, 15) is 4.39 Å². The van der Waals surface area contributed by atoms with E-state index in [2.05, 4.69) is 22.3 Å². The van der Waals surface area contributed by atoms with Gasteiger partial charge in [-0.25, -0.2) is 4.39 Å². The topological polar surface area (TPSA) is 30.7 Å². The molecule has 0 radical (unpaired) electrons. The van der Waals surface area contributed by atoms with Crippen LogP contribution in [-0.2, 0) is 5.75 Å². The maximum Gasteiger partial charge on any atom is 0.196 e. The van der Waals surface area contributed by atoms with Gasteiger partial charge in [0.1, 0.15) is 5.82 Å². The van der Waals surface area contributed by atoms with Crippen molar-refractivity contribution in [1.29, 1.82) is 0 Å². The summed E-state index contributed by atoms with van der Waals surface area (Å²) in [7, 11) is 0. The van der Waals surface area contributed by atoms with Crippen LogP contribution in [0.4, 0.5) is 4.39 Å². The van der Waals surface area contributed by atoms with Crippen molar-refractivity contribution >= 4 is 11.8 Å². The normalized spacial score (nSPS) is 10.9. The summed E-state index contributed by atoms with van der Waals surface area (Å²) >= 11 is 1.59. The minimum absolute atomic E-state index is 0.308. The standard InChI is InChI=1S/C22H18FN3S/c1-16-11-13-18(14-12-16)26-21(19-9-5-6-10-20(19)23)24-25-22(26)27-15-17-7-3-2-4-8-17/h2-14H,15H2,1H3. The van der Waals surface area contributed by atoms with Gasteiger partial charge in [0.05, 0.1) is 5.56 Å². The van der Waals surface area contributed by atoms with Crippen LogP contribution in [-0.4, -0.2) is 14.8 Å². The van der Waals surface area contributed by atoms with Gasteiger partial charge in [-0.05, 0) is 36.8 Å². The van der Waals surface area contributed by atoms with Crippen molar-refractivity contribution in [1.82, 2.24) is 14.8 Å². The summed E-state index contributed by atoms with van der Waals surface area (Å²) in [6.45, 7) is 2.04. The Morgan fingerprint density at radius 3 is 2.30 bits per heavy atom. The first-order valence-corrected chi connectivity index (χ1v) is 9.65. The highest BCUT2D eigenvalue weighted by atomic mass is 32.2. The molecule has 5 heteroatoms. The number of nitrogens with zero attached hydrogens (tertiary/aromatic N) is 3. The second kappa shape index (κ2) is 7.76. The highest BCUT2D eigenvalue weighted by Gasteiger charge is 2.18. The third-order valence-electron chi connectivity index (χ3n) is 4.25. The maximum absolute atomic E-state index is 14.4. The lowest BCUT2D eigenvalue weighted by molar-refractivity contribution is 0.629. The van der Waals surface area contributed by atoms with Gasteiger partial charge in [0.25, 0.3) is 0 Å². The Bertz CT molecular complexity index is 1040. The number of benzene rings is 3. The van der Waals surface area contributed by atoms with Crippen LogP contribution < -0.4 is 0 Å². The summed E-state index contributed by atoms with van der Waals surface area (Å²) in [6, 6.07) is 24.9. The number of aryl methyl sites for hydroxylation is 1. The average Bonchev–Trinajstić information content (AvgIpc) is 3.12. The van der Waals surface area contributed by atoms with Crippen molar-refractivity contribution < 1.29 is 4.39 Å². The predicted octanol–water partition coefficient (Wildman–Crippen LogP) is 5.67. The van der Waals surface area contributed by atoms with Crippen molar-refractivity contribution in [2.45, 2.75) is 17.8 Å². The molecule has 1 heterocycles. The molecule has 27 heavy (non-hydrogen) atoms. The molecule has 3 aromatic carbocycles. The fraction of sp³-hybridized carbons (Fsp3) is 0.0909. The van der Waals surface area contributed by atoms with E-state index in [0.29, 0.717) is 11.4 Å². The van der Waals surface area contributed by atoms with E-state index >= 15 is 0 Å². The molecular weight excluding hydrogens is 357 g/mol. The molecular formula is C22H18FN3S. The van der Waals surface area contributed by atoms with E-state index in [0.717, 1.165) is 22.2 Å². The number of halogens is 1. The van der Waals surface area contributed by atoms with Crippen LogP contribution in [0.2, 0.25) is 0 Å². The van der Waals surface area contributed by atoms with E-state index in [1.54, 1.807) is 23.9 Å². The van der Waals surface area contributed by atoms with Crippen LogP contribution >= 0.6 is 11.8 Å². The van der Waals surface area contributed by atoms with Crippen LogP contribution in [0, 0.1) is 12.7 Å². The maximum atomic E-state index is 14.4. The van der Waals surface area contributed by atoms with Gasteiger partial charge in [0, 0.05) is 11.4 Å². The van der Waals surface area contributed by atoms with E-state index in [-0.39, 0.29) is 5.82 Å². The van der Waals surface area contributed by atoms with Crippen molar-refractivity contribution in [2.75, 3.05) is 0 Å². The van der Waals surface area contributed by atoms with Gasteiger partial charge < -0.3 is 0 Å². The summed E-state index contributed by atoms with van der Waals surface area (Å²) in [6.07, 6.45) is 0. The van der Waals surface area contributed by atoms with Gasteiger partial charge in [0.15, 0.2) is 11.0 Å². The predicted molar refractivity (Wildman–Crippen MR) is 107 cm³/mol. The Morgan fingerprint density at radius 2 is 1.56 bits per heavy atom. The van der Waals surface area contributed by atoms with E-state index in [1.165, 1.54) is 11.6 Å². The Hall–Kier alpha value is -2.92. The lowest BCUT2D eigenvalue weighted by Gasteiger charge is -2.11. The molecule has 0 amide bonds. The molecule has 134 valence electrons. The number of thioether (sulfide) groups is 1. The van der Waals surface area contributed by atoms with Gasteiger partial charge in [-0.15, -0.1) is 10.2 Å². The molecule has 4 aromatic rings. The van der Waals surface area contributed by atoms with E-state index in [1.807, 2.05) is 60.0 Å². The quantitative estimate of drug-likeness (QED) is 0.421. The molecule has 1 aromatic heterocycles. The Morgan fingerprint density at radius 1 is 0.852 bits per heavy atom. The zero-order chi connectivity index (χ0) is 18.6. The van der Waals surface area contributed by atoms with Crippen molar-refractivity contribution in [3.63, 3.8) is 0 Å². The zero-order valence-electron chi connectivity index (χ0n) is 14.8. The number of hydrogen-bond acceptors (Lipinski definition) is 3. The molecule has 0 unspecified atom stereocenters. The zero-order valence-corrected chi connectivity index (χ0v) is 15.7. The molecule has 0 spiro atoms. The van der Waals surface area contributed by atoms with Crippen LogP contribution in [0.3, 0.4) is 0 Å². The first-order chi connectivity index (χ1) is 13.2. The van der Waals surface area contributed by atoms with E-state index < -0.39 is 0 Å². The molecule has 0 aliphatic carbocycles. The van der Waals surface area contributed by atoms with E-state index in [4.69, 9.17) is 0 Å². The molecule has 0 saturated carbocycles. The minimum atomic E-state index is -0.308. The van der Waals surface area contributed by atoms with Crippen LogP contribution in [0.15, 0.2) is 84.0 Å². The molecule has 3 nitrogen and oxygen atoms in total. The fourth-order valence-electron chi connectivity index (χ4n) is 2.83. The average molecular weight is 375 g/mol. The van der Waals surface area contributed by atoms with Crippen LogP contribution in [0.25, 0.3) is 17.1 Å². The monoisotopic (exact) mass is 375 g/mol. The molecule has 4 rings (SSSR count). The van der Waals surface area contributed by atoms with Crippen molar-refractivity contribution in [3.05, 3.63) is 95.8 Å². The summed E-state index contributed by atoms with van der Waals surface area (Å²) in [5.41, 5.74) is 3.72. The van der Waals surface area contributed by atoms with Gasteiger partial charge in [-0.1, -0.05) is 71.9 Å².